The minimum Gasteiger partial charge on any atom is -0.337 e. The fourth-order valence-corrected chi connectivity index (χ4v) is 5.81. The molecule has 5 rings (SSSR count). The lowest BCUT2D eigenvalue weighted by Crippen LogP contribution is -2.37. The third kappa shape index (κ3) is 3.43. The molecular weight excluding hydrogens is 408 g/mol. The summed E-state index contributed by atoms with van der Waals surface area (Å²) in [6.45, 7) is 0.753. The van der Waals surface area contributed by atoms with Gasteiger partial charge in [-0.15, -0.1) is 0 Å². The van der Waals surface area contributed by atoms with Crippen LogP contribution in [0.25, 0.3) is 10.9 Å². The van der Waals surface area contributed by atoms with E-state index < -0.39 is 9.84 Å². The summed E-state index contributed by atoms with van der Waals surface area (Å²) in [4.78, 5) is 15.5. The van der Waals surface area contributed by atoms with E-state index >= 15 is 0 Å². The average Bonchev–Trinajstić information content (AvgIpc) is 3.18. The molecule has 6 heteroatoms. The first-order valence-corrected chi connectivity index (χ1v) is 11.8. The molecule has 1 amide bonds. The molecule has 0 unspecified atom stereocenters. The first kappa shape index (κ1) is 19.6. The number of aryl methyl sites for hydroxylation is 1. The third-order valence-corrected chi connectivity index (χ3v) is 7.61. The number of amides is 1. The molecule has 0 saturated heterocycles. The summed E-state index contributed by atoms with van der Waals surface area (Å²) in [5, 5.41) is 0.623. The van der Waals surface area contributed by atoms with Crippen LogP contribution in [0, 0.1) is 0 Å². The number of carbonyl (C=O) groups is 1. The Balaban J connectivity index is 1.55. The normalized spacial score (nSPS) is 13.9. The number of sulfone groups is 1. The number of rotatable bonds is 4. The molecule has 0 saturated carbocycles. The minimum atomic E-state index is -3.70. The summed E-state index contributed by atoms with van der Waals surface area (Å²) in [6, 6.07) is 23.7. The summed E-state index contributed by atoms with van der Waals surface area (Å²) >= 11 is 0. The molecule has 1 aromatic heterocycles. The maximum absolute atomic E-state index is 13.3. The van der Waals surface area contributed by atoms with Crippen molar-refractivity contribution in [3.05, 3.63) is 90.6 Å². The van der Waals surface area contributed by atoms with Gasteiger partial charge in [0.2, 0.25) is 15.7 Å². The van der Waals surface area contributed by atoms with Gasteiger partial charge in [0.1, 0.15) is 6.54 Å². The number of hydrogen-bond acceptors (Lipinski definition) is 3. The van der Waals surface area contributed by atoms with Crippen LogP contribution in [-0.2, 0) is 27.6 Å². The van der Waals surface area contributed by atoms with Crippen LogP contribution in [0.1, 0.15) is 12.0 Å². The van der Waals surface area contributed by atoms with Crippen molar-refractivity contribution in [1.29, 1.82) is 0 Å². The lowest BCUT2D eigenvalue weighted by Gasteiger charge is -2.29. The minimum absolute atomic E-state index is 0.0448. The molecule has 0 radical (unpaired) electrons. The summed E-state index contributed by atoms with van der Waals surface area (Å²) in [6.07, 6.45) is 3.48. The predicted octanol–water partition coefficient (Wildman–Crippen LogP) is 4.45. The Bertz CT molecular complexity index is 1370. The van der Waals surface area contributed by atoms with Gasteiger partial charge in [-0.2, -0.15) is 0 Å². The lowest BCUT2D eigenvalue weighted by atomic mass is 10.0. The van der Waals surface area contributed by atoms with Crippen LogP contribution in [0.2, 0.25) is 0 Å². The highest BCUT2D eigenvalue weighted by Gasteiger charge is 2.26. The van der Waals surface area contributed by atoms with Crippen molar-refractivity contribution < 1.29 is 13.2 Å². The Kier molecular flexibility index (Phi) is 4.87. The highest BCUT2D eigenvalue weighted by Crippen LogP contribution is 2.31. The number of anilines is 1. The van der Waals surface area contributed by atoms with Crippen LogP contribution in [0.3, 0.4) is 0 Å². The van der Waals surface area contributed by atoms with Crippen LogP contribution >= 0.6 is 0 Å². The van der Waals surface area contributed by atoms with Gasteiger partial charge < -0.3 is 9.47 Å². The van der Waals surface area contributed by atoms with Crippen molar-refractivity contribution in [3.63, 3.8) is 0 Å². The number of para-hydroxylation sites is 2. The maximum atomic E-state index is 13.3. The Morgan fingerprint density at radius 1 is 0.871 bits per heavy atom. The Labute approximate surface area is 181 Å². The molecule has 0 spiro atoms. The van der Waals surface area contributed by atoms with Crippen molar-refractivity contribution in [2.45, 2.75) is 29.2 Å². The van der Waals surface area contributed by atoms with Gasteiger partial charge in [0.25, 0.3) is 0 Å². The summed E-state index contributed by atoms with van der Waals surface area (Å²) in [7, 11) is -3.70. The van der Waals surface area contributed by atoms with E-state index in [2.05, 4.69) is 6.07 Å². The molecule has 4 aromatic rings. The monoisotopic (exact) mass is 430 g/mol. The fourth-order valence-electron chi connectivity index (χ4n) is 4.31. The molecule has 1 aliphatic heterocycles. The number of fused-ring (bicyclic) bond motifs is 2. The molecule has 0 fully saturated rings. The van der Waals surface area contributed by atoms with Gasteiger partial charge in [-0.25, -0.2) is 8.42 Å². The number of benzene rings is 3. The van der Waals surface area contributed by atoms with E-state index in [0.29, 0.717) is 11.9 Å². The molecule has 5 nitrogen and oxygen atoms in total. The standard InChI is InChI=1S/C25H22N2O3S/c28-25(27-16-8-10-19-9-4-6-14-22(19)27)18-26-17-24(21-13-5-7-15-23(21)26)31(29,30)20-11-2-1-3-12-20/h1-7,9,11-15,17H,8,10,16,18H2. The van der Waals surface area contributed by atoms with Crippen LogP contribution in [0.15, 0.2) is 94.9 Å². The molecule has 2 heterocycles. The van der Waals surface area contributed by atoms with Gasteiger partial charge >= 0.3 is 0 Å². The van der Waals surface area contributed by atoms with Crippen LogP contribution in [0.5, 0.6) is 0 Å². The van der Waals surface area contributed by atoms with E-state index in [-0.39, 0.29) is 22.2 Å². The highest BCUT2D eigenvalue weighted by molar-refractivity contribution is 7.91. The van der Waals surface area contributed by atoms with E-state index in [0.717, 1.165) is 24.0 Å². The zero-order valence-electron chi connectivity index (χ0n) is 16.9. The second-order valence-corrected chi connectivity index (χ2v) is 9.65. The van der Waals surface area contributed by atoms with Crippen LogP contribution in [-0.4, -0.2) is 25.4 Å². The summed E-state index contributed by atoms with van der Waals surface area (Å²) in [5.74, 6) is -0.0448. The fraction of sp³-hybridized carbons (Fsp3) is 0.160. The number of hydrogen-bond donors (Lipinski definition) is 0. The smallest absolute Gasteiger partial charge is 0.246 e. The molecule has 0 bridgehead atoms. The molecule has 31 heavy (non-hydrogen) atoms. The largest absolute Gasteiger partial charge is 0.337 e. The first-order chi connectivity index (χ1) is 15.1. The Hall–Kier alpha value is -3.38. The quantitative estimate of drug-likeness (QED) is 0.481. The number of nitrogens with zero attached hydrogens (tertiary/aromatic N) is 2. The number of aromatic nitrogens is 1. The van der Waals surface area contributed by atoms with E-state index in [9.17, 15) is 13.2 Å². The van der Waals surface area contributed by atoms with Crippen molar-refractivity contribution >= 4 is 32.3 Å². The third-order valence-electron chi connectivity index (χ3n) is 5.81. The number of carbonyl (C=O) groups excluding carboxylic acids is 1. The average molecular weight is 431 g/mol. The van der Waals surface area contributed by atoms with Gasteiger partial charge in [-0.05, 0) is 42.7 Å². The lowest BCUT2D eigenvalue weighted by molar-refractivity contribution is -0.119. The first-order valence-electron chi connectivity index (χ1n) is 10.3. The second kappa shape index (κ2) is 7.71. The van der Waals surface area contributed by atoms with E-state index in [1.54, 1.807) is 47.2 Å². The van der Waals surface area contributed by atoms with Crippen molar-refractivity contribution in [2.24, 2.45) is 0 Å². The Morgan fingerprint density at radius 2 is 1.58 bits per heavy atom. The summed E-state index contributed by atoms with van der Waals surface area (Å²) in [5.41, 5.74) is 2.86. The molecule has 1 aliphatic rings. The highest BCUT2D eigenvalue weighted by atomic mass is 32.2. The van der Waals surface area contributed by atoms with Gasteiger partial charge in [0.05, 0.1) is 9.79 Å². The molecule has 0 aliphatic carbocycles. The van der Waals surface area contributed by atoms with Crippen LogP contribution < -0.4 is 4.90 Å². The second-order valence-electron chi connectivity index (χ2n) is 7.73. The SMILES string of the molecule is O=C(Cn1cc(S(=O)(=O)c2ccccc2)c2ccccc21)N1CCCc2ccccc21. The zero-order valence-corrected chi connectivity index (χ0v) is 17.8. The van der Waals surface area contributed by atoms with Gasteiger partial charge in [-0.1, -0.05) is 54.6 Å². The molecular formula is C25H22N2O3S. The van der Waals surface area contributed by atoms with Crippen molar-refractivity contribution in [3.8, 4) is 0 Å². The maximum Gasteiger partial charge on any atom is 0.246 e. The van der Waals surface area contributed by atoms with Crippen molar-refractivity contribution in [1.82, 2.24) is 4.57 Å². The van der Waals surface area contributed by atoms with Crippen LogP contribution in [0.4, 0.5) is 5.69 Å². The molecule has 0 atom stereocenters. The molecule has 3 aromatic carbocycles. The molecule has 0 N–H and O–H groups in total. The van der Waals surface area contributed by atoms with E-state index in [1.165, 1.54) is 5.56 Å². The Morgan fingerprint density at radius 3 is 2.42 bits per heavy atom. The zero-order chi connectivity index (χ0) is 21.4. The van der Waals surface area contributed by atoms with Gasteiger partial charge in [0.15, 0.2) is 0 Å². The van der Waals surface area contributed by atoms with Gasteiger partial charge in [-0.3, -0.25) is 4.79 Å². The topological polar surface area (TPSA) is 59.4 Å². The molecule has 156 valence electrons. The van der Waals surface area contributed by atoms with Gasteiger partial charge in [0, 0.05) is 29.3 Å². The van der Waals surface area contributed by atoms with E-state index in [4.69, 9.17) is 0 Å². The van der Waals surface area contributed by atoms with E-state index in [1.807, 2.05) is 41.3 Å². The predicted molar refractivity (Wildman–Crippen MR) is 121 cm³/mol. The van der Waals surface area contributed by atoms with Crippen molar-refractivity contribution in [2.75, 3.05) is 11.4 Å². The summed E-state index contributed by atoms with van der Waals surface area (Å²) < 4.78 is 28.4.